The number of aliphatic hydroxyl groups excluding tert-OH is 1. The number of thioether (sulfide) groups is 1. The van der Waals surface area contributed by atoms with Crippen molar-refractivity contribution < 1.29 is 28.9 Å². The Morgan fingerprint density at radius 2 is 1.60 bits per heavy atom. The number of hydrogen-bond acceptors (Lipinski definition) is 10. The molecule has 1 N–H and O–H groups in total. The van der Waals surface area contributed by atoms with E-state index in [2.05, 4.69) is 24.0 Å². The summed E-state index contributed by atoms with van der Waals surface area (Å²) in [6.45, 7) is 7.55. The Kier molecular flexibility index (Phi) is 11.9. The maximum absolute atomic E-state index is 13.8. The average molecular weight is 674 g/mol. The fraction of sp³-hybridized carbons (Fsp3) is 0.333. The topological polar surface area (TPSA) is 111 Å². The van der Waals surface area contributed by atoms with Gasteiger partial charge in [-0.05, 0) is 67.3 Å². The Morgan fingerprint density at radius 1 is 0.872 bits per heavy atom. The fourth-order valence-electron chi connectivity index (χ4n) is 5.03. The second-order valence-electron chi connectivity index (χ2n) is 10.9. The van der Waals surface area contributed by atoms with Crippen molar-refractivity contribution >= 4 is 45.7 Å². The molecule has 1 atom stereocenters. The highest BCUT2D eigenvalue weighted by Gasteiger charge is 2.48. The van der Waals surface area contributed by atoms with Gasteiger partial charge in [-0.3, -0.25) is 14.5 Å². The first-order chi connectivity index (χ1) is 22.9. The van der Waals surface area contributed by atoms with Gasteiger partial charge >= 0.3 is 5.91 Å². The molecule has 1 aromatic heterocycles. The van der Waals surface area contributed by atoms with Crippen LogP contribution in [0, 0.1) is 0 Å². The van der Waals surface area contributed by atoms with Gasteiger partial charge in [0.15, 0.2) is 15.8 Å². The third-order valence-corrected chi connectivity index (χ3v) is 9.61. The van der Waals surface area contributed by atoms with E-state index in [4.69, 9.17) is 14.2 Å². The molecular formula is C36H39N3O6S2. The zero-order valence-electron chi connectivity index (χ0n) is 26.8. The standard InChI is InChI=1S/C36H39N3O6S2/c1-4-7-20-44-27-17-14-25(15-18-27)32(40)30-31(26-16-19-28(45-21-8-5-2)29(22-26)43-6-3)39(34(42)33(30)41)35-37-38-36(47-35)46-23-24-12-10-9-11-13-24/h9-19,22,31,40H,4-8,20-21,23H2,1-3H3/b32-30-. The molecular weight excluding hydrogens is 635 g/mol. The molecule has 2 heterocycles. The van der Waals surface area contributed by atoms with E-state index in [1.54, 1.807) is 42.5 Å². The number of carbonyl (C=O) groups is 2. The predicted octanol–water partition coefficient (Wildman–Crippen LogP) is 8.21. The lowest BCUT2D eigenvalue weighted by Crippen LogP contribution is -2.29. The van der Waals surface area contributed by atoms with Gasteiger partial charge in [0.25, 0.3) is 5.78 Å². The van der Waals surface area contributed by atoms with Gasteiger partial charge in [0, 0.05) is 11.3 Å². The molecule has 1 unspecified atom stereocenters. The zero-order chi connectivity index (χ0) is 33.2. The number of aliphatic hydroxyl groups is 1. The molecule has 1 aliphatic rings. The minimum absolute atomic E-state index is 0.0505. The van der Waals surface area contributed by atoms with Crippen LogP contribution >= 0.6 is 23.1 Å². The number of benzene rings is 3. The number of hydrogen-bond donors (Lipinski definition) is 1. The molecule has 246 valence electrons. The van der Waals surface area contributed by atoms with E-state index in [0.29, 0.717) is 58.3 Å². The largest absolute Gasteiger partial charge is 0.507 e. The van der Waals surface area contributed by atoms with Crippen LogP contribution < -0.4 is 19.1 Å². The van der Waals surface area contributed by atoms with Gasteiger partial charge in [0.1, 0.15) is 11.5 Å². The van der Waals surface area contributed by atoms with Crippen molar-refractivity contribution in [2.75, 3.05) is 24.7 Å². The molecule has 0 spiro atoms. The Balaban J connectivity index is 1.54. The van der Waals surface area contributed by atoms with Gasteiger partial charge in [-0.2, -0.15) is 0 Å². The molecule has 1 aliphatic heterocycles. The van der Waals surface area contributed by atoms with Crippen LogP contribution in [0.2, 0.25) is 0 Å². The Labute approximate surface area is 283 Å². The summed E-state index contributed by atoms with van der Waals surface area (Å²) in [7, 11) is 0. The van der Waals surface area contributed by atoms with Gasteiger partial charge in [-0.1, -0.05) is 86.2 Å². The number of Topliss-reactive ketones (excluding diaryl/α,β-unsaturated/α-hetero) is 1. The Hall–Kier alpha value is -4.35. The summed E-state index contributed by atoms with van der Waals surface area (Å²) in [4.78, 5) is 28.8. The number of rotatable bonds is 16. The predicted molar refractivity (Wildman–Crippen MR) is 186 cm³/mol. The molecule has 1 amide bonds. The average Bonchev–Trinajstić information content (AvgIpc) is 3.66. The number of ketones is 1. The van der Waals surface area contributed by atoms with Crippen molar-refractivity contribution in [1.82, 2.24) is 10.2 Å². The summed E-state index contributed by atoms with van der Waals surface area (Å²) in [6.07, 6.45) is 3.81. The second-order valence-corrected chi connectivity index (χ2v) is 13.0. The van der Waals surface area contributed by atoms with Gasteiger partial charge in [-0.15, -0.1) is 10.2 Å². The van der Waals surface area contributed by atoms with E-state index in [0.717, 1.165) is 31.2 Å². The minimum Gasteiger partial charge on any atom is -0.507 e. The number of carbonyl (C=O) groups excluding carboxylic acids is 2. The maximum Gasteiger partial charge on any atom is 0.301 e. The summed E-state index contributed by atoms with van der Waals surface area (Å²) in [5.41, 5.74) is 2.02. The molecule has 0 aliphatic carbocycles. The van der Waals surface area contributed by atoms with Gasteiger partial charge in [0.05, 0.1) is 31.4 Å². The monoisotopic (exact) mass is 673 g/mol. The van der Waals surface area contributed by atoms with Gasteiger partial charge in [0.2, 0.25) is 5.13 Å². The van der Waals surface area contributed by atoms with Gasteiger partial charge < -0.3 is 19.3 Å². The molecule has 3 aromatic carbocycles. The van der Waals surface area contributed by atoms with E-state index >= 15 is 0 Å². The highest BCUT2D eigenvalue weighted by molar-refractivity contribution is 8.00. The number of nitrogens with zero attached hydrogens (tertiary/aromatic N) is 3. The molecule has 47 heavy (non-hydrogen) atoms. The van der Waals surface area contributed by atoms with E-state index in [1.807, 2.05) is 37.3 Å². The van der Waals surface area contributed by atoms with Gasteiger partial charge in [-0.25, -0.2) is 0 Å². The van der Waals surface area contributed by atoms with E-state index < -0.39 is 17.7 Å². The fourth-order valence-corrected chi connectivity index (χ4v) is 6.85. The molecule has 0 saturated carbocycles. The van der Waals surface area contributed by atoms with Crippen molar-refractivity contribution in [2.24, 2.45) is 0 Å². The summed E-state index contributed by atoms with van der Waals surface area (Å²) < 4.78 is 18.4. The molecule has 9 nitrogen and oxygen atoms in total. The number of unbranched alkanes of at least 4 members (excludes halogenated alkanes) is 2. The highest BCUT2D eigenvalue weighted by atomic mass is 32.2. The molecule has 1 saturated heterocycles. The Morgan fingerprint density at radius 3 is 2.30 bits per heavy atom. The lowest BCUT2D eigenvalue weighted by molar-refractivity contribution is -0.132. The smallest absolute Gasteiger partial charge is 0.301 e. The quantitative estimate of drug-likeness (QED) is 0.0314. The van der Waals surface area contributed by atoms with Crippen LogP contribution in [0.5, 0.6) is 17.2 Å². The molecule has 11 heteroatoms. The molecule has 5 rings (SSSR count). The van der Waals surface area contributed by atoms with Crippen molar-refractivity contribution in [3.05, 3.63) is 95.1 Å². The van der Waals surface area contributed by atoms with Crippen molar-refractivity contribution in [3.63, 3.8) is 0 Å². The van der Waals surface area contributed by atoms with Crippen LogP contribution in [0.3, 0.4) is 0 Å². The van der Waals surface area contributed by atoms with Crippen LogP contribution in [-0.4, -0.2) is 46.8 Å². The summed E-state index contributed by atoms with van der Waals surface area (Å²) in [6, 6.07) is 21.2. The minimum atomic E-state index is -0.987. The van der Waals surface area contributed by atoms with E-state index in [1.165, 1.54) is 28.0 Å². The van der Waals surface area contributed by atoms with Crippen LogP contribution in [0.15, 0.2) is 82.7 Å². The van der Waals surface area contributed by atoms with Crippen molar-refractivity contribution in [3.8, 4) is 17.2 Å². The third-order valence-electron chi connectivity index (χ3n) is 7.48. The highest BCUT2D eigenvalue weighted by Crippen LogP contribution is 2.45. The first-order valence-corrected chi connectivity index (χ1v) is 17.7. The normalized spacial score (nSPS) is 15.6. The van der Waals surface area contributed by atoms with Crippen molar-refractivity contribution in [1.29, 1.82) is 0 Å². The van der Waals surface area contributed by atoms with E-state index in [-0.39, 0.29) is 16.5 Å². The number of anilines is 1. The van der Waals surface area contributed by atoms with E-state index in [9.17, 15) is 14.7 Å². The van der Waals surface area contributed by atoms with Crippen LogP contribution in [-0.2, 0) is 15.3 Å². The zero-order valence-corrected chi connectivity index (χ0v) is 28.4. The summed E-state index contributed by atoms with van der Waals surface area (Å²) in [5, 5.41) is 20.6. The summed E-state index contributed by atoms with van der Waals surface area (Å²) >= 11 is 2.72. The lowest BCUT2D eigenvalue weighted by atomic mass is 9.95. The molecule has 4 aromatic rings. The number of amides is 1. The Bertz CT molecular complexity index is 1690. The molecule has 0 radical (unpaired) electrons. The first-order valence-electron chi connectivity index (χ1n) is 15.9. The lowest BCUT2D eigenvalue weighted by Gasteiger charge is -2.23. The second kappa shape index (κ2) is 16.5. The maximum atomic E-state index is 13.8. The SMILES string of the molecule is CCCCOc1ccc(/C(O)=C2/C(=O)C(=O)N(c3nnc(SCc4ccccc4)s3)C2c2ccc(OCCCC)c(OCC)c2)cc1. The van der Waals surface area contributed by atoms with Crippen molar-refractivity contribution in [2.45, 2.75) is 62.6 Å². The molecule has 1 fully saturated rings. The van der Waals surface area contributed by atoms with Crippen LogP contribution in [0.25, 0.3) is 5.76 Å². The molecule has 0 bridgehead atoms. The number of aromatic nitrogens is 2. The third kappa shape index (κ3) is 8.15. The van der Waals surface area contributed by atoms with Crippen LogP contribution in [0.4, 0.5) is 5.13 Å². The number of ether oxygens (including phenoxy) is 3. The first kappa shape index (κ1) is 34.0. The van der Waals surface area contributed by atoms with Crippen LogP contribution in [0.1, 0.15) is 69.2 Å². The summed E-state index contributed by atoms with van der Waals surface area (Å²) in [5.74, 6) is 0.472.